The van der Waals surface area contributed by atoms with Crippen molar-refractivity contribution in [3.8, 4) is 11.5 Å². The van der Waals surface area contributed by atoms with Crippen molar-refractivity contribution >= 4 is 28.9 Å². The number of benzene rings is 2. The predicted octanol–water partition coefficient (Wildman–Crippen LogP) is 3.42. The van der Waals surface area contributed by atoms with E-state index in [-0.39, 0.29) is 10.7 Å². The third-order valence-corrected chi connectivity index (χ3v) is 3.82. The fourth-order valence-corrected chi connectivity index (χ4v) is 2.27. The summed E-state index contributed by atoms with van der Waals surface area (Å²) < 4.78 is 10.2. The highest BCUT2D eigenvalue weighted by Gasteiger charge is 2.14. The van der Waals surface area contributed by atoms with Gasteiger partial charge in [0, 0.05) is 23.3 Å². The van der Waals surface area contributed by atoms with Crippen molar-refractivity contribution in [3.05, 3.63) is 62.7 Å². The standard InChI is InChI=1S/C17H16ClN3O5/c1-10(11-4-5-15(18)16(8-11)21(23)24)19-20-17(22)12-6-13(25-2)9-14(7-12)26-3/h4-9H,1-3H3,(H,20,22)/b19-10-. The molecule has 0 heterocycles. The minimum Gasteiger partial charge on any atom is -0.497 e. The molecule has 26 heavy (non-hydrogen) atoms. The molecule has 136 valence electrons. The van der Waals surface area contributed by atoms with Gasteiger partial charge in [-0.2, -0.15) is 5.10 Å². The third kappa shape index (κ3) is 4.48. The number of halogens is 1. The molecule has 2 aromatic carbocycles. The van der Waals surface area contributed by atoms with E-state index in [9.17, 15) is 14.9 Å². The quantitative estimate of drug-likeness (QED) is 0.472. The zero-order valence-electron chi connectivity index (χ0n) is 14.3. The molecule has 0 fully saturated rings. The Morgan fingerprint density at radius 1 is 1.12 bits per heavy atom. The van der Waals surface area contributed by atoms with Crippen molar-refractivity contribution in [1.82, 2.24) is 5.43 Å². The number of carbonyl (C=O) groups is 1. The summed E-state index contributed by atoms with van der Waals surface area (Å²) in [5.41, 5.74) is 3.30. The highest BCUT2D eigenvalue weighted by Crippen LogP contribution is 2.25. The first-order valence-corrected chi connectivity index (χ1v) is 7.75. The Labute approximate surface area is 154 Å². The smallest absolute Gasteiger partial charge is 0.288 e. The van der Waals surface area contributed by atoms with E-state index in [4.69, 9.17) is 21.1 Å². The average Bonchev–Trinajstić information content (AvgIpc) is 2.65. The second-order valence-corrected chi connectivity index (χ2v) is 5.57. The second kappa shape index (κ2) is 8.30. The molecule has 2 aromatic rings. The number of nitrogens with one attached hydrogen (secondary N) is 1. The summed E-state index contributed by atoms with van der Waals surface area (Å²) in [6.07, 6.45) is 0. The van der Waals surface area contributed by atoms with Crippen LogP contribution in [0.25, 0.3) is 0 Å². The zero-order chi connectivity index (χ0) is 19.3. The van der Waals surface area contributed by atoms with Crippen LogP contribution in [0.5, 0.6) is 11.5 Å². The Bertz CT molecular complexity index is 860. The van der Waals surface area contributed by atoms with Crippen LogP contribution in [0.2, 0.25) is 5.02 Å². The lowest BCUT2D eigenvalue weighted by Gasteiger charge is -2.08. The van der Waals surface area contributed by atoms with Crippen molar-refractivity contribution < 1.29 is 19.2 Å². The molecule has 9 heteroatoms. The van der Waals surface area contributed by atoms with Gasteiger partial charge >= 0.3 is 0 Å². The van der Waals surface area contributed by atoms with E-state index < -0.39 is 10.8 Å². The number of hydrazone groups is 1. The van der Waals surface area contributed by atoms with E-state index in [0.717, 1.165) is 0 Å². The number of hydrogen-bond acceptors (Lipinski definition) is 6. The third-order valence-electron chi connectivity index (χ3n) is 3.50. The van der Waals surface area contributed by atoms with Gasteiger partial charge in [0.1, 0.15) is 16.5 Å². The summed E-state index contributed by atoms with van der Waals surface area (Å²) in [6, 6.07) is 8.99. The molecule has 8 nitrogen and oxygen atoms in total. The number of hydrogen-bond donors (Lipinski definition) is 1. The Balaban J connectivity index is 2.22. The molecule has 0 saturated carbocycles. The predicted molar refractivity (Wildman–Crippen MR) is 97.3 cm³/mol. The van der Waals surface area contributed by atoms with Crippen LogP contribution in [0.15, 0.2) is 41.5 Å². The lowest BCUT2D eigenvalue weighted by Crippen LogP contribution is -2.19. The van der Waals surface area contributed by atoms with Gasteiger partial charge in [-0.15, -0.1) is 0 Å². The molecule has 0 bridgehead atoms. The van der Waals surface area contributed by atoms with Gasteiger partial charge in [0.15, 0.2) is 0 Å². The molecule has 0 aromatic heterocycles. The molecule has 0 spiro atoms. The van der Waals surface area contributed by atoms with Crippen LogP contribution in [-0.4, -0.2) is 30.8 Å². The molecule has 0 aliphatic rings. The van der Waals surface area contributed by atoms with E-state index >= 15 is 0 Å². The molecular formula is C17H16ClN3O5. The zero-order valence-corrected chi connectivity index (χ0v) is 15.0. The minimum atomic E-state index is -0.583. The Hall–Kier alpha value is -3.13. The van der Waals surface area contributed by atoms with Crippen LogP contribution in [0, 0.1) is 10.1 Å². The molecule has 0 saturated heterocycles. The first-order chi connectivity index (χ1) is 12.3. The van der Waals surface area contributed by atoms with Crippen LogP contribution < -0.4 is 14.9 Å². The summed E-state index contributed by atoms with van der Waals surface area (Å²) in [6.45, 7) is 1.61. The normalized spacial score (nSPS) is 11.0. The number of nitro groups is 1. The van der Waals surface area contributed by atoms with Crippen molar-refractivity contribution in [2.75, 3.05) is 14.2 Å². The average molecular weight is 378 g/mol. The van der Waals surface area contributed by atoms with Crippen LogP contribution >= 0.6 is 11.6 Å². The number of nitrogens with zero attached hydrogens (tertiary/aromatic N) is 2. The number of carbonyl (C=O) groups excluding carboxylic acids is 1. The highest BCUT2D eigenvalue weighted by molar-refractivity contribution is 6.32. The second-order valence-electron chi connectivity index (χ2n) is 5.16. The van der Waals surface area contributed by atoms with Gasteiger partial charge in [-0.3, -0.25) is 14.9 Å². The molecule has 0 atom stereocenters. The number of methoxy groups -OCH3 is 2. The molecule has 1 amide bonds. The van der Waals surface area contributed by atoms with Gasteiger partial charge in [-0.25, -0.2) is 5.43 Å². The van der Waals surface area contributed by atoms with E-state index in [0.29, 0.717) is 28.3 Å². The summed E-state index contributed by atoms with van der Waals surface area (Å²) in [5, 5.41) is 15.0. The Morgan fingerprint density at radius 3 is 2.27 bits per heavy atom. The maximum atomic E-state index is 12.3. The highest BCUT2D eigenvalue weighted by atomic mass is 35.5. The maximum absolute atomic E-state index is 12.3. The van der Waals surface area contributed by atoms with Gasteiger partial charge in [0.05, 0.1) is 24.9 Å². The Morgan fingerprint density at radius 2 is 1.73 bits per heavy atom. The molecule has 2 rings (SSSR count). The van der Waals surface area contributed by atoms with Gasteiger partial charge in [0.2, 0.25) is 0 Å². The fourth-order valence-electron chi connectivity index (χ4n) is 2.08. The number of amides is 1. The van der Waals surface area contributed by atoms with E-state index in [2.05, 4.69) is 10.5 Å². The fraction of sp³-hybridized carbons (Fsp3) is 0.176. The van der Waals surface area contributed by atoms with Crippen molar-refractivity contribution in [3.63, 3.8) is 0 Å². The van der Waals surface area contributed by atoms with Crippen LogP contribution in [0.4, 0.5) is 5.69 Å². The van der Waals surface area contributed by atoms with E-state index in [1.807, 2.05) is 0 Å². The van der Waals surface area contributed by atoms with Crippen LogP contribution in [0.1, 0.15) is 22.8 Å². The van der Waals surface area contributed by atoms with Gasteiger partial charge in [-0.05, 0) is 25.1 Å². The summed E-state index contributed by atoms with van der Waals surface area (Å²) in [5.74, 6) is 0.442. The van der Waals surface area contributed by atoms with E-state index in [1.54, 1.807) is 19.1 Å². The monoisotopic (exact) mass is 377 g/mol. The molecular weight excluding hydrogens is 362 g/mol. The summed E-state index contributed by atoms with van der Waals surface area (Å²) >= 11 is 5.79. The molecule has 0 aliphatic heterocycles. The SMILES string of the molecule is COc1cc(OC)cc(C(=O)N/N=C(/C)c2ccc(Cl)c([N+](=O)[O-])c2)c1. The number of rotatable bonds is 6. The lowest BCUT2D eigenvalue weighted by atomic mass is 10.1. The molecule has 0 unspecified atom stereocenters. The molecule has 0 aliphatic carbocycles. The van der Waals surface area contributed by atoms with Crippen LogP contribution in [0.3, 0.4) is 0 Å². The Kier molecular flexibility index (Phi) is 6.13. The molecule has 0 radical (unpaired) electrons. The first-order valence-electron chi connectivity index (χ1n) is 7.37. The minimum absolute atomic E-state index is 0.0269. The number of ether oxygens (including phenoxy) is 2. The van der Waals surface area contributed by atoms with Gasteiger partial charge in [0.25, 0.3) is 11.6 Å². The number of nitro benzene ring substituents is 1. The van der Waals surface area contributed by atoms with E-state index in [1.165, 1.54) is 38.5 Å². The van der Waals surface area contributed by atoms with Gasteiger partial charge < -0.3 is 9.47 Å². The summed E-state index contributed by atoms with van der Waals surface area (Å²) in [7, 11) is 2.96. The van der Waals surface area contributed by atoms with Crippen LogP contribution in [-0.2, 0) is 0 Å². The van der Waals surface area contributed by atoms with Gasteiger partial charge in [-0.1, -0.05) is 17.7 Å². The lowest BCUT2D eigenvalue weighted by molar-refractivity contribution is -0.384. The van der Waals surface area contributed by atoms with Crippen molar-refractivity contribution in [2.24, 2.45) is 5.10 Å². The van der Waals surface area contributed by atoms with Crippen molar-refractivity contribution in [2.45, 2.75) is 6.92 Å². The maximum Gasteiger partial charge on any atom is 0.288 e. The largest absolute Gasteiger partial charge is 0.497 e. The first kappa shape index (κ1) is 19.2. The summed E-state index contributed by atoms with van der Waals surface area (Å²) in [4.78, 5) is 22.7. The van der Waals surface area contributed by atoms with Crippen molar-refractivity contribution in [1.29, 1.82) is 0 Å². The molecule has 1 N–H and O–H groups in total. The topological polar surface area (TPSA) is 103 Å².